The van der Waals surface area contributed by atoms with Gasteiger partial charge in [-0.25, -0.2) is 0 Å². The second-order valence-corrected chi connectivity index (χ2v) is 11.7. The lowest BCUT2D eigenvalue weighted by molar-refractivity contribution is -0.128. The van der Waals surface area contributed by atoms with Gasteiger partial charge in [0.2, 0.25) is 17.6 Å². The zero-order chi connectivity index (χ0) is 31.5. The summed E-state index contributed by atoms with van der Waals surface area (Å²) in [6.45, 7) is 6.17. The van der Waals surface area contributed by atoms with Crippen LogP contribution in [0.2, 0.25) is 0 Å². The number of benzene rings is 1. The first-order chi connectivity index (χ1) is 20.4. The van der Waals surface area contributed by atoms with E-state index in [4.69, 9.17) is 9.47 Å². The zero-order valence-corrected chi connectivity index (χ0v) is 25.4. The van der Waals surface area contributed by atoms with Crippen molar-refractivity contribution >= 4 is 23.4 Å². The number of fused-ring (bicyclic) bond motifs is 6. The van der Waals surface area contributed by atoms with Crippen molar-refractivity contribution < 1.29 is 33.8 Å². The van der Waals surface area contributed by atoms with Gasteiger partial charge < -0.3 is 25.2 Å². The number of ketones is 2. The number of amides is 2. The molecule has 3 aliphatic heterocycles. The molecule has 2 amide bonds. The van der Waals surface area contributed by atoms with Crippen LogP contribution in [-0.4, -0.2) is 96.3 Å². The first-order valence-electron chi connectivity index (χ1n) is 14.3. The van der Waals surface area contributed by atoms with Crippen LogP contribution in [0.15, 0.2) is 28.5 Å². The fourth-order valence-corrected chi connectivity index (χ4v) is 7.53. The number of aromatic hydroxyl groups is 1. The van der Waals surface area contributed by atoms with Crippen molar-refractivity contribution in [3.63, 3.8) is 0 Å². The number of hydrogen-bond donors (Lipinski definition) is 3. The van der Waals surface area contributed by atoms with Crippen molar-refractivity contribution in [2.24, 2.45) is 0 Å². The van der Waals surface area contributed by atoms with Crippen molar-refractivity contribution in [2.75, 3.05) is 27.8 Å². The number of Topliss-reactive ketones (excluding diaryl/α,β-unsaturated/α-hetero) is 2. The summed E-state index contributed by atoms with van der Waals surface area (Å²) in [4.78, 5) is 56.2. The third-order valence-corrected chi connectivity index (χ3v) is 9.35. The van der Waals surface area contributed by atoms with Crippen LogP contribution < -0.4 is 15.4 Å². The molecule has 228 valence electrons. The number of rotatable bonds is 6. The number of hydrogen-bond acceptors (Lipinski definition) is 10. The van der Waals surface area contributed by atoms with E-state index in [0.29, 0.717) is 23.3 Å². The largest absolute Gasteiger partial charge is 0.504 e. The van der Waals surface area contributed by atoms with Gasteiger partial charge in [-0.1, -0.05) is 6.07 Å². The summed E-state index contributed by atoms with van der Waals surface area (Å²) in [6.07, 6.45) is 0.609. The van der Waals surface area contributed by atoms with E-state index in [1.165, 1.54) is 21.1 Å². The molecule has 1 aromatic rings. The van der Waals surface area contributed by atoms with E-state index in [-0.39, 0.29) is 53.4 Å². The molecule has 12 nitrogen and oxygen atoms in total. The average molecular weight is 592 g/mol. The number of phenols is 1. The third-order valence-electron chi connectivity index (χ3n) is 9.35. The minimum Gasteiger partial charge on any atom is -0.504 e. The summed E-state index contributed by atoms with van der Waals surface area (Å²) >= 11 is 0. The molecule has 0 spiro atoms. The summed E-state index contributed by atoms with van der Waals surface area (Å²) in [5.74, 6) is -1.31. The molecule has 1 aromatic carbocycles. The number of carbonyl (C=O) groups excluding carboxylic acids is 4. The fraction of sp³-hybridized carbons (Fsp3) is 0.516. The Bertz CT molecular complexity index is 1540. The van der Waals surface area contributed by atoms with Gasteiger partial charge in [-0.15, -0.1) is 0 Å². The number of likely N-dealkylation sites (N-methyl/N-ethyl adjacent to an activating group) is 1. The summed E-state index contributed by atoms with van der Waals surface area (Å²) in [7, 11) is 4.74. The van der Waals surface area contributed by atoms with Gasteiger partial charge >= 0.3 is 0 Å². The Hall–Kier alpha value is -4.21. The van der Waals surface area contributed by atoms with E-state index in [9.17, 15) is 29.5 Å². The average Bonchev–Trinajstić information content (AvgIpc) is 2.95. The Balaban J connectivity index is 1.67. The van der Waals surface area contributed by atoms with E-state index in [0.717, 1.165) is 11.1 Å². The Labute approximate surface area is 250 Å². The van der Waals surface area contributed by atoms with Crippen LogP contribution in [0.1, 0.15) is 49.9 Å². The highest BCUT2D eigenvalue weighted by Crippen LogP contribution is 2.53. The number of piperazine rings is 1. The number of nitrogens with zero attached hydrogens (tertiary/aromatic N) is 3. The van der Waals surface area contributed by atoms with Crippen LogP contribution in [0.25, 0.3) is 0 Å². The number of nitrogens with one attached hydrogen (secondary N) is 2. The van der Waals surface area contributed by atoms with Crippen LogP contribution in [0.4, 0.5) is 0 Å². The predicted octanol–water partition coefficient (Wildman–Crippen LogP) is 0.965. The number of phenolic OH excluding ortho intramolecular Hbond substituents is 1. The van der Waals surface area contributed by atoms with Crippen molar-refractivity contribution in [2.45, 2.75) is 76.8 Å². The molecule has 3 heterocycles. The first-order valence-corrected chi connectivity index (χ1v) is 14.3. The lowest BCUT2D eigenvalue weighted by Crippen LogP contribution is -2.71. The van der Waals surface area contributed by atoms with Crippen molar-refractivity contribution in [1.82, 2.24) is 20.4 Å². The Morgan fingerprint density at radius 3 is 2.47 bits per heavy atom. The lowest BCUT2D eigenvalue weighted by Gasteiger charge is -2.60. The molecule has 1 fully saturated rings. The fourth-order valence-electron chi connectivity index (χ4n) is 7.53. The minimum atomic E-state index is -0.851. The van der Waals surface area contributed by atoms with Gasteiger partial charge in [-0.3, -0.25) is 29.0 Å². The van der Waals surface area contributed by atoms with Gasteiger partial charge in [0.1, 0.15) is 12.1 Å². The smallest absolute Gasteiger partial charge is 0.242 e. The van der Waals surface area contributed by atoms with Crippen LogP contribution in [0.3, 0.4) is 0 Å². The number of methoxy groups -OCH3 is 2. The summed E-state index contributed by atoms with van der Waals surface area (Å²) in [5.41, 5.74) is 3.05. The van der Waals surface area contributed by atoms with Crippen LogP contribution in [0.5, 0.6) is 11.5 Å². The third kappa shape index (κ3) is 4.58. The van der Waals surface area contributed by atoms with Crippen molar-refractivity contribution in [3.05, 3.63) is 45.2 Å². The SMILES string of the molecule is COC1=C(C)C(=O)C2=C(C1=O)[C@H](CNC(=O)[C@H](C)NC(C)=O)N1C(C2)[C@@H]2c3c(cc(C)c(OC)c3O)C[C@@H]([C@@H]1C#N)N2C. The molecule has 43 heavy (non-hydrogen) atoms. The number of carbonyl (C=O) groups is 4. The molecule has 0 radical (unpaired) electrons. The highest BCUT2D eigenvalue weighted by Gasteiger charge is 2.57. The monoisotopic (exact) mass is 591 g/mol. The zero-order valence-electron chi connectivity index (χ0n) is 25.4. The van der Waals surface area contributed by atoms with E-state index < -0.39 is 41.9 Å². The maximum atomic E-state index is 13.9. The maximum absolute atomic E-state index is 13.9. The van der Waals surface area contributed by atoms with Crippen molar-refractivity contribution in [3.8, 4) is 17.6 Å². The quantitative estimate of drug-likeness (QED) is 0.407. The van der Waals surface area contributed by atoms with Gasteiger partial charge in [0.05, 0.1) is 32.4 Å². The van der Waals surface area contributed by atoms with Gasteiger partial charge in [0, 0.05) is 47.8 Å². The minimum absolute atomic E-state index is 0.0145. The molecule has 2 bridgehead atoms. The van der Waals surface area contributed by atoms with Gasteiger partial charge in [0.15, 0.2) is 23.0 Å². The molecule has 1 aliphatic carbocycles. The molecule has 1 unspecified atom stereocenters. The van der Waals surface area contributed by atoms with Crippen LogP contribution >= 0.6 is 0 Å². The van der Waals surface area contributed by atoms with Gasteiger partial charge in [-0.2, -0.15) is 5.26 Å². The standard InChI is InChI=1S/C31H37N5O7/c1-13-8-17-9-19-21(11-32)36-20(25(35(19)5)23(17)27(39)29(13)42-6)10-18-24(28(40)30(43-7)14(2)26(18)38)22(36)12-33-31(41)15(3)34-16(4)37/h8,15,19-22,25,39H,9-10,12H2,1-7H3,(H,33,41)(H,34,37)/t15-,19-,20?,21-,22-,25+/m0/s1. The van der Waals surface area contributed by atoms with E-state index >= 15 is 0 Å². The maximum Gasteiger partial charge on any atom is 0.242 e. The predicted molar refractivity (Wildman–Crippen MR) is 154 cm³/mol. The molecule has 0 saturated carbocycles. The molecule has 1 saturated heterocycles. The Kier molecular flexibility index (Phi) is 7.83. The summed E-state index contributed by atoms with van der Waals surface area (Å²) < 4.78 is 10.9. The lowest BCUT2D eigenvalue weighted by atomic mass is 9.69. The summed E-state index contributed by atoms with van der Waals surface area (Å²) in [6, 6.07) is 0.763. The Morgan fingerprint density at radius 2 is 1.86 bits per heavy atom. The molecule has 4 aliphatic rings. The number of aryl methyl sites for hydroxylation is 1. The normalized spacial score (nSPS) is 27.4. The second-order valence-electron chi connectivity index (χ2n) is 11.7. The Morgan fingerprint density at radius 1 is 1.16 bits per heavy atom. The molecular weight excluding hydrogens is 554 g/mol. The highest BCUT2D eigenvalue weighted by atomic mass is 16.5. The molecule has 12 heteroatoms. The van der Waals surface area contributed by atoms with E-state index in [2.05, 4.69) is 21.6 Å². The van der Waals surface area contributed by atoms with Crippen LogP contribution in [-0.2, 0) is 30.3 Å². The van der Waals surface area contributed by atoms with E-state index in [1.54, 1.807) is 13.8 Å². The van der Waals surface area contributed by atoms with Gasteiger partial charge in [0.25, 0.3) is 0 Å². The molecule has 6 atom stereocenters. The molecule has 0 aromatic heterocycles. The summed E-state index contributed by atoms with van der Waals surface area (Å²) in [5, 5.41) is 27.5. The topological polar surface area (TPSA) is 161 Å². The van der Waals surface area contributed by atoms with Gasteiger partial charge in [-0.05, 0) is 51.8 Å². The highest BCUT2D eigenvalue weighted by molar-refractivity contribution is 6.25. The molecule has 3 N–H and O–H groups in total. The molecule has 5 rings (SSSR count). The van der Waals surface area contributed by atoms with Crippen LogP contribution in [0, 0.1) is 18.3 Å². The first kappa shape index (κ1) is 30.3. The van der Waals surface area contributed by atoms with E-state index in [1.807, 2.05) is 24.9 Å². The van der Waals surface area contributed by atoms with Crippen molar-refractivity contribution in [1.29, 1.82) is 5.26 Å². The number of allylic oxidation sites excluding steroid dienone is 2. The number of nitriles is 1. The number of ether oxygens (including phenoxy) is 2. The molecular formula is C31H37N5O7. The second kappa shape index (κ2) is 11.1.